The van der Waals surface area contributed by atoms with E-state index in [4.69, 9.17) is 9.47 Å². The molecule has 0 radical (unpaired) electrons. The zero-order valence-electron chi connectivity index (χ0n) is 9.53. The van der Waals surface area contributed by atoms with Crippen LogP contribution in [-0.2, 0) is 6.54 Å². The third kappa shape index (κ3) is 2.90. The number of nitrogens with one attached hydrogen (secondary N) is 2. The Morgan fingerprint density at radius 3 is 3.06 bits per heavy atom. The molecule has 0 spiro atoms. The standard InChI is InChI=1S/C12H14N2O3/c1-2-5-13-12(15)14-7-9-3-4-10-11(6-9)17-8-16-10/h2-6H,7-8H2,1H3,(H2,13,14,15)/b5-2+. The summed E-state index contributed by atoms with van der Waals surface area (Å²) in [6.07, 6.45) is 3.33. The number of amides is 2. The van der Waals surface area contributed by atoms with Gasteiger partial charge in [0, 0.05) is 12.7 Å². The number of carbonyl (C=O) groups excluding carboxylic acids is 1. The van der Waals surface area contributed by atoms with Crippen LogP contribution in [0.3, 0.4) is 0 Å². The molecule has 0 aromatic heterocycles. The molecule has 0 saturated carbocycles. The topological polar surface area (TPSA) is 59.6 Å². The molecule has 17 heavy (non-hydrogen) atoms. The monoisotopic (exact) mass is 234 g/mol. The van der Waals surface area contributed by atoms with Gasteiger partial charge in [0.25, 0.3) is 0 Å². The summed E-state index contributed by atoms with van der Waals surface area (Å²) in [5, 5.41) is 5.30. The highest BCUT2D eigenvalue weighted by Gasteiger charge is 2.13. The van der Waals surface area contributed by atoms with Gasteiger partial charge in [0.2, 0.25) is 6.79 Å². The first-order chi connectivity index (χ1) is 8.29. The highest BCUT2D eigenvalue weighted by Crippen LogP contribution is 2.32. The molecular formula is C12H14N2O3. The van der Waals surface area contributed by atoms with Gasteiger partial charge in [-0.05, 0) is 24.6 Å². The molecule has 2 amide bonds. The van der Waals surface area contributed by atoms with Crippen molar-refractivity contribution in [3.63, 3.8) is 0 Å². The van der Waals surface area contributed by atoms with Gasteiger partial charge in [-0.3, -0.25) is 0 Å². The Hall–Kier alpha value is -2.17. The van der Waals surface area contributed by atoms with Gasteiger partial charge in [0.05, 0.1) is 0 Å². The van der Waals surface area contributed by atoms with E-state index in [1.165, 1.54) is 0 Å². The lowest BCUT2D eigenvalue weighted by atomic mass is 10.2. The van der Waals surface area contributed by atoms with Crippen LogP contribution in [-0.4, -0.2) is 12.8 Å². The molecule has 0 saturated heterocycles. The summed E-state index contributed by atoms with van der Waals surface area (Å²) < 4.78 is 10.5. The minimum Gasteiger partial charge on any atom is -0.454 e. The summed E-state index contributed by atoms with van der Waals surface area (Å²) in [5.41, 5.74) is 0.963. The molecule has 0 bridgehead atoms. The van der Waals surface area contributed by atoms with Gasteiger partial charge >= 0.3 is 6.03 Å². The van der Waals surface area contributed by atoms with Crippen LogP contribution in [0.25, 0.3) is 0 Å². The number of benzene rings is 1. The van der Waals surface area contributed by atoms with Gasteiger partial charge in [-0.15, -0.1) is 0 Å². The van der Waals surface area contributed by atoms with E-state index >= 15 is 0 Å². The van der Waals surface area contributed by atoms with E-state index in [2.05, 4.69) is 10.6 Å². The fourth-order valence-corrected chi connectivity index (χ4v) is 1.44. The van der Waals surface area contributed by atoms with E-state index in [-0.39, 0.29) is 12.8 Å². The van der Waals surface area contributed by atoms with Crippen LogP contribution in [0.2, 0.25) is 0 Å². The predicted octanol–water partition coefficient (Wildman–Crippen LogP) is 1.75. The maximum absolute atomic E-state index is 11.3. The summed E-state index contributed by atoms with van der Waals surface area (Å²) in [7, 11) is 0. The van der Waals surface area contributed by atoms with E-state index < -0.39 is 0 Å². The third-order valence-electron chi connectivity index (χ3n) is 2.27. The molecule has 5 heteroatoms. The molecule has 1 heterocycles. The molecule has 0 fully saturated rings. The first kappa shape index (κ1) is 11.3. The summed E-state index contributed by atoms with van der Waals surface area (Å²) in [6, 6.07) is 5.35. The Labute approximate surface area is 99.4 Å². The van der Waals surface area contributed by atoms with Crippen molar-refractivity contribution in [3.8, 4) is 11.5 Å². The molecule has 1 aliphatic rings. The van der Waals surface area contributed by atoms with Crippen molar-refractivity contribution in [1.29, 1.82) is 0 Å². The van der Waals surface area contributed by atoms with Crippen molar-refractivity contribution in [1.82, 2.24) is 10.6 Å². The third-order valence-corrected chi connectivity index (χ3v) is 2.27. The first-order valence-corrected chi connectivity index (χ1v) is 5.33. The Bertz CT molecular complexity index is 443. The largest absolute Gasteiger partial charge is 0.454 e. The normalized spacial score (nSPS) is 12.8. The van der Waals surface area contributed by atoms with E-state index in [1.807, 2.05) is 25.1 Å². The highest BCUT2D eigenvalue weighted by molar-refractivity contribution is 5.74. The van der Waals surface area contributed by atoms with Crippen molar-refractivity contribution in [2.45, 2.75) is 13.5 Å². The minimum atomic E-state index is -0.235. The van der Waals surface area contributed by atoms with Crippen LogP contribution < -0.4 is 20.1 Å². The van der Waals surface area contributed by atoms with Crippen molar-refractivity contribution < 1.29 is 14.3 Å². The molecule has 0 aliphatic carbocycles. The van der Waals surface area contributed by atoms with Crippen LogP contribution in [0.5, 0.6) is 11.5 Å². The maximum atomic E-state index is 11.3. The SMILES string of the molecule is C/C=C/NC(=O)NCc1ccc2c(c1)OCO2. The van der Waals surface area contributed by atoms with Gasteiger partial charge in [0.15, 0.2) is 11.5 Å². The second-order valence-electron chi connectivity index (χ2n) is 3.51. The second kappa shape index (κ2) is 5.25. The van der Waals surface area contributed by atoms with Gasteiger partial charge in [-0.25, -0.2) is 4.79 Å². The molecule has 1 aromatic carbocycles. The van der Waals surface area contributed by atoms with Gasteiger partial charge in [0.1, 0.15) is 0 Å². The summed E-state index contributed by atoms with van der Waals surface area (Å²) >= 11 is 0. The van der Waals surface area contributed by atoms with Crippen LogP contribution in [0, 0.1) is 0 Å². The molecule has 1 aromatic rings. The van der Waals surface area contributed by atoms with Crippen molar-refractivity contribution in [2.75, 3.05) is 6.79 Å². The number of hydrogen-bond donors (Lipinski definition) is 2. The lowest BCUT2D eigenvalue weighted by Gasteiger charge is -2.05. The average Bonchev–Trinajstić information content (AvgIpc) is 2.81. The number of urea groups is 1. The molecule has 2 N–H and O–H groups in total. The van der Waals surface area contributed by atoms with Crippen LogP contribution >= 0.6 is 0 Å². The summed E-state index contributed by atoms with van der Waals surface area (Å²) in [5.74, 6) is 1.46. The van der Waals surface area contributed by atoms with Crippen molar-refractivity contribution >= 4 is 6.03 Å². The zero-order valence-corrected chi connectivity index (χ0v) is 9.53. The molecule has 0 atom stereocenters. The number of allylic oxidation sites excluding steroid dienone is 1. The van der Waals surface area contributed by atoms with E-state index in [0.717, 1.165) is 17.1 Å². The molecule has 0 unspecified atom stereocenters. The quantitative estimate of drug-likeness (QED) is 0.837. The summed E-state index contributed by atoms with van der Waals surface area (Å²) in [4.78, 5) is 11.3. The lowest BCUT2D eigenvalue weighted by molar-refractivity contribution is 0.174. The molecule has 5 nitrogen and oxygen atoms in total. The Kier molecular flexibility index (Phi) is 3.49. The zero-order chi connectivity index (χ0) is 12.1. The van der Waals surface area contributed by atoms with E-state index in [9.17, 15) is 4.79 Å². The fourth-order valence-electron chi connectivity index (χ4n) is 1.44. The van der Waals surface area contributed by atoms with Gasteiger partial charge in [-0.2, -0.15) is 0 Å². The lowest BCUT2D eigenvalue weighted by Crippen LogP contribution is -2.31. The van der Waals surface area contributed by atoms with E-state index in [0.29, 0.717) is 6.54 Å². The van der Waals surface area contributed by atoms with Crippen LogP contribution in [0.15, 0.2) is 30.5 Å². The van der Waals surface area contributed by atoms with E-state index in [1.54, 1.807) is 12.3 Å². The maximum Gasteiger partial charge on any atom is 0.319 e. The second-order valence-corrected chi connectivity index (χ2v) is 3.51. The molecular weight excluding hydrogens is 220 g/mol. The smallest absolute Gasteiger partial charge is 0.319 e. The van der Waals surface area contributed by atoms with Crippen LogP contribution in [0.4, 0.5) is 4.79 Å². The van der Waals surface area contributed by atoms with Gasteiger partial charge in [-0.1, -0.05) is 12.1 Å². The number of ether oxygens (including phenoxy) is 2. The predicted molar refractivity (Wildman–Crippen MR) is 62.8 cm³/mol. The summed E-state index contributed by atoms with van der Waals surface area (Å²) in [6.45, 7) is 2.53. The number of carbonyl (C=O) groups is 1. The highest BCUT2D eigenvalue weighted by atomic mass is 16.7. The fraction of sp³-hybridized carbons (Fsp3) is 0.250. The molecule has 1 aliphatic heterocycles. The Balaban J connectivity index is 1.89. The van der Waals surface area contributed by atoms with Crippen molar-refractivity contribution in [3.05, 3.63) is 36.0 Å². The van der Waals surface area contributed by atoms with Gasteiger partial charge < -0.3 is 20.1 Å². The number of hydrogen-bond acceptors (Lipinski definition) is 3. The Morgan fingerprint density at radius 2 is 2.24 bits per heavy atom. The molecule has 2 rings (SSSR count). The Morgan fingerprint density at radius 1 is 1.41 bits per heavy atom. The minimum absolute atomic E-state index is 0.235. The van der Waals surface area contributed by atoms with Crippen molar-refractivity contribution in [2.24, 2.45) is 0 Å². The molecule has 90 valence electrons. The average molecular weight is 234 g/mol. The number of rotatable bonds is 3. The first-order valence-electron chi connectivity index (χ1n) is 5.33. The number of fused-ring (bicyclic) bond motifs is 1. The van der Waals surface area contributed by atoms with Crippen LogP contribution in [0.1, 0.15) is 12.5 Å².